The van der Waals surface area contributed by atoms with Gasteiger partial charge in [0.1, 0.15) is 11.5 Å². The molecule has 0 aliphatic heterocycles. The molecular formula is C26H23N3O4. The predicted octanol–water partition coefficient (Wildman–Crippen LogP) is 4.84. The van der Waals surface area contributed by atoms with Crippen LogP contribution in [0, 0.1) is 0 Å². The smallest absolute Gasteiger partial charge is 0.338 e. The van der Waals surface area contributed by atoms with Crippen molar-refractivity contribution in [3.05, 3.63) is 90.2 Å². The molecule has 0 radical (unpaired) electrons. The molecule has 4 rings (SSSR count). The second kappa shape index (κ2) is 10.3. The molecule has 0 spiro atoms. The normalized spacial score (nSPS) is 10.9. The van der Waals surface area contributed by atoms with Crippen molar-refractivity contribution >= 4 is 34.6 Å². The van der Waals surface area contributed by atoms with Crippen LogP contribution in [-0.4, -0.2) is 31.2 Å². The van der Waals surface area contributed by atoms with Crippen molar-refractivity contribution in [2.75, 3.05) is 18.5 Å². The number of amides is 1. The topological polar surface area (TPSA) is 92.9 Å². The number of nitrogens with zero attached hydrogens (tertiary/aromatic N) is 1. The highest BCUT2D eigenvalue weighted by Gasteiger charge is 2.10. The largest absolute Gasteiger partial charge is 0.462 e. The van der Waals surface area contributed by atoms with Crippen LogP contribution in [0.15, 0.2) is 88.4 Å². The number of rotatable bonds is 8. The van der Waals surface area contributed by atoms with Gasteiger partial charge < -0.3 is 14.5 Å². The highest BCUT2D eigenvalue weighted by Crippen LogP contribution is 2.24. The van der Waals surface area contributed by atoms with E-state index < -0.39 is 0 Å². The van der Waals surface area contributed by atoms with Gasteiger partial charge in [0.05, 0.1) is 24.9 Å². The van der Waals surface area contributed by atoms with Crippen molar-refractivity contribution in [1.29, 1.82) is 0 Å². The quantitative estimate of drug-likeness (QED) is 0.232. The number of anilines is 1. The Hall–Kier alpha value is -4.39. The average molecular weight is 441 g/mol. The number of benzene rings is 3. The number of esters is 1. The van der Waals surface area contributed by atoms with Gasteiger partial charge in [0, 0.05) is 16.6 Å². The summed E-state index contributed by atoms with van der Waals surface area (Å²) in [5.41, 5.74) is 4.56. The van der Waals surface area contributed by atoms with Gasteiger partial charge in [0.25, 0.3) is 5.91 Å². The van der Waals surface area contributed by atoms with Crippen LogP contribution in [0.2, 0.25) is 0 Å². The number of carbonyl (C=O) groups excluding carboxylic acids is 2. The second-order valence-corrected chi connectivity index (χ2v) is 7.18. The van der Waals surface area contributed by atoms with E-state index in [1.807, 2.05) is 48.5 Å². The highest BCUT2D eigenvalue weighted by molar-refractivity contribution is 5.95. The summed E-state index contributed by atoms with van der Waals surface area (Å²) < 4.78 is 10.8. The first-order valence-electron chi connectivity index (χ1n) is 10.5. The Morgan fingerprint density at radius 3 is 2.70 bits per heavy atom. The SMILES string of the molecule is CCOC(=O)c1cccc(-c2ccc(/C=N\NC(=O)CNc3cccc4ccccc34)o2)c1. The van der Waals surface area contributed by atoms with Crippen LogP contribution < -0.4 is 10.7 Å². The van der Waals surface area contributed by atoms with Crippen LogP contribution in [-0.2, 0) is 9.53 Å². The van der Waals surface area contributed by atoms with Crippen LogP contribution in [0.5, 0.6) is 0 Å². The number of fused-ring (bicyclic) bond motifs is 1. The van der Waals surface area contributed by atoms with E-state index >= 15 is 0 Å². The molecule has 2 N–H and O–H groups in total. The average Bonchev–Trinajstić information content (AvgIpc) is 3.32. The molecule has 0 aliphatic carbocycles. The zero-order chi connectivity index (χ0) is 23.0. The minimum absolute atomic E-state index is 0.0788. The first-order chi connectivity index (χ1) is 16.1. The molecule has 1 aromatic heterocycles. The number of carbonyl (C=O) groups is 2. The summed E-state index contributed by atoms with van der Waals surface area (Å²) in [5.74, 6) is 0.376. The maximum absolute atomic E-state index is 12.2. The first kappa shape index (κ1) is 21.8. The van der Waals surface area contributed by atoms with Gasteiger partial charge in [-0.3, -0.25) is 4.79 Å². The van der Waals surface area contributed by atoms with Crippen LogP contribution in [0.25, 0.3) is 22.1 Å². The van der Waals surface area contributed by atoms with Gasteiger partial charge in [-0.2, -0.15) is 5.10 Å². The second-order valence-electron chi connectivity index (χ2n) is 7.18. The van der Waals surface area contributed by atoms with E-state index in [1.165, 1.54) is 6.21 Å². The molecule has 7 heteroatoms. The predicted molar refractivity (Wildman–Crippen MR) is 128 cm³/mol. The Morgan fingerprint density at radius 2 is 1.82 bits per heavy atom. The van der Waals surface area contributed by atoms with E-state index in [9.17, 15) is 9.59 Å². The third-order valence-corrected chi connectivity index (χ3v) is 4.90. The van der Waals surface area contributed by atoms with Gasteiger partial charge in [0.2, 0.25) is 0 Å². The number of hydrogen-bond acceptors (Lipinski definition) is 6. The standard InChI is InChI=1S/C26H23N3O4/c1-2-32-26(31)20-10-5-9-19(15-20)24-14-13-21(33-24)16-28-29-25(30)17-27-23-12-6-8-18-7-3-4-11-22(18)23/h3-16,27H,2,17H2,1H3,(H,29,30)/b28-16-. The summed E-state index contributed by atoms with van der Waals surface area (Å²) in [4.78, 5) is 24.1. The van der Waals surface area contributed by atoms with Gasteiger partial charge in [-0.25, -0.2) is 10.2 Å². The number of ether oxygens (including phenoxy) is 1. The maximum Gasteiger partial charge on any atom is 0.338 e. The lowest BCUT2D eigenvalue weighted by Crippen LogP contribution is -2.25. The highest BCUT2D eigenvalue weighted by atomic mass is 16.5. The molecule has 1 amide bonds. The molecule has 0 aliphatic rings. The molecule has 0 unspecified atom stereocenters. The molecule has 7 nitrogen and oxygen atoms in total. The van der Waals surface area contributed by atoms with Crippen LogP contribution in [0.1, 0.15) is 23.0 Å². The van der Waals surface area contributed by atoms with E-state index in [1.54, 1.807) is 37.3 Å². The van der Waals surface area contributed by atoms with Gasteiger partial charge in [-0.05, 0) is 42.6 Å². The molecule has 0 saturated heterocycles. The van der Waals surface area contributed by atoms with E-state index in [0.29, 0.717) is 23.7 Å². The Morgan fingerprint density at radius 1 is 1.00 bits per heavy atom. The van der Waals surface area contributed by atoms with Crippen molar-refractivity contribution in [3.8, 4) is 11.3 Å². The zero-order valence-corrected chi connectivity index (χ0v) is 18.1. The van der Waals surface area contributed by atoms with Gasteiger partial charge in [-0.15, -0.1) is 0 Å². The Labute approximate surface area is 191 Å². The first-order valence-corrected chi connectivity index (χ1v) is 10.5. The van der Waals surface area contributed by atoms with Crippen molar-refractivity contribution in [3.63, 3.8) is 0 Å². The summed E-state index contributed by atoms with van der Waals surface area (Å²) in [6.45, 7) is 2.15. The fourth-order valence-corrected chi connectivity index (χ4v) is 3.35. The fourth-order valence-electron chi connectivity index (χ4n) is 3.35. The molecule has 0 atom stereocenters. The zero-order valence-electron chi connectivity index (χ0n) is 18.1. The van der Waals surface area contributed by atoms with Gasteiger partial charge in [0.15, 0.2) is 0 Å². The van der Waals surface area contributed by atoms with E-state index in [2.05, 4.69) is 15.8 Å². The Bertz CT molecular complexity index is 1300. The molecule has 1 heterocycles. The van der Waals surface area contributed by atoms with E-state index in [-0.39, 0.29) is 18.4 Å². The minimum atomic E-state index is -0.382. The van der Waals surface area contributed by atoms with Crippen molar-refractivity contribution in [2.24, 2.45) is 5.10 Å². The summed E-state index contributed by atoms with van der Waals surface area (Å²) >= 11 is 0. The Balaban J connectivity index is 1.33. The summed E-state index contributed by atoms with van der Waals surface area (Å²) in [6.07, 6.45) is 1.43. The molecule has 33 heavy (non-hydrogen) atoms. The monoisotopic (exact) mass is 441 g/mol. The Kier molecular flexibility index (Phi) is 6.80. The third kappa shape index (κ3) is 5.46. The van der Waals surface area contributed by atoms with Crippen LogP contribution in [0.4, 0.5) is 5.69 Å². The molecular weight excluding hydrogens is 418 g/mol. The van der Waals surface area contributed by atoms with E-state index in [0.717, 1.165) is 22.0 Å². The number of nitrogens with one attached hydrogen (secondary N) is 2. The van der Waals surface area contributed by atoms with Crippen molar-refractivity contribution in [1.82, 2.24) is 5.43 Å². The third-order valence-electron chi connectivity index (χ3n) is 4.90. The van der Waals surface area contributed by atoms with E-state index in [4.69, 9.17) is 9.15 Å². The summed E-state index contributed by atoms with van der Waals surface area (Å²) in [7, 11) is 0. The lowest BCUT2D eigenvalue weighted by atomic mass is 10.1. The molecule has 0 saturated carbocycles. The molecule has 3 aromatic carbocycles. The van der Waals surface area contributed by atoms with Gasteiger partial charge in [-0.1, -0.05) is 48.5 Å². The van der Waals surface area contributed by atoms with Crippen LogP contribution in [0.3, 0.4) is 0 Å². The molecule has 0 bridgehead atoms. The van der Waals surface area contributed by atoms with Gasteiger partial charge >= 0.3 is 5.97 Å². The molecule has 0 fully saturated rings. The van der Waals surface area contributed by atoms with Crippen LogP contribution >= 0.6 is 0 Å². The minimum Gasteiger partial charge on any atom is -0.462 e. The fraction of sp³-hybridized carbons (Fsp3) is 0.115. The maximum atomic E-state index is 12.2. The number of furan rings is 1. The molecule has 4 aromatic rings. The summed E-state index contributed by atoms with van der Waals surface area (Å²) in [6, 6.07) is 24.4. The molecule has 166 valence electrons. The number of hydrazone groups is 1. The lowest BCUT2D eigenvalue weighted by Gasteiger charge is -2.08. The number of hydrogen-bond donors (Lipinski definition) is 2. The lowest BCUT2D eigenvalue weighted by molar-refractivity contribution is -0.119. The van der Waals surface area contributed by atoms with Crippen molar-refractivity contribution < 1.29 is 18.7 Å². The van der Waals surface area contributed by atoms with Crippen molar-refractivity contribution in [2.45, 2.75) is 6.92 Å². The summed E-state index contributed by atoms with van der Waals surface area (Å²) in [5, 5.41) is 9.25.